The Morgan fingerprint density at radius 1 is 0.771 bits per heavy atom. The van der Waals surface area contributed by atoms with Crippen LogP contribution in [0, 0.1) is 5.92 Å². The molecule has 48 heavy (non-hydrogen) atoms. The smallest absolute Gasteiger partial charge is 0.408 e. The van der Waals surface area contributed by atoms with Crippen LogP contribution in [0.2, 0.25) is 0 Å². The molecule has 0 radical (unpaired) electrons. The van der Waals surface area contributed by atoms with E-state index in [1.807, 2.05) is 48.5 Å². The van der Waals surface area contributed by atoms with Crippen molar-refractivity contribution >= 4 is 23.9 Å². The molecule has 1 saturated carbocycles. The number of aliphatic carboxylic acids is 1. The van der Waals surface area contributed by atoms with Crippen molar-refractivity contribution in [3.8, 4) is 11.1 Å². The molecule has 0 aromatic heterocycles. The number of carboxylic acid groups (broad SMARTS) is 1. The largest absolute Gasteiger partial charge is 0.479 e. The lowest BCUT2D eigenvalue weighted by Gasteiger charge is -2.18. The number of carbonyl (C=O) groups excluding carboxylic acids is 3. The molecule has 2 atom stereocenters. The highest BCUT2D eigenvalue weighted by Crippen LogP contribution is 2.47. The van der Waals surface area contributed by atoms with Gasteiger partial charge in [-0.2, -0.15) is 0 Å². The number of rotatable bonds is 23. The van der Waals surface area contributed by atoms with E-state index in [0.717, 1.165) is 22.3 Å². The van der Waals surface area contributed by atoms with Gasteiger partial charge in [-0.25, -0.2) is 9.59 Å². The van der Waals surface area contributed by atoms with Crippen LogP contribution in [-0.4, -0.2) is 114 Å². The summed E-state index contributed by atoms with van der Waals surface area (Å²) in [6, 6.07) is 16.0. The second kappa shape index (κ2) is 19.1. The van der Waals surface area contributed by atoms with Crippen molar-refractivity contribution < 1.29 is 48.0 Å². The third-order valence-corrected chi connectivity index (χ3v) is 8.25. The number of nitrogens with two attached hydrogens (primary N) is 1. The summed E-state index contributed by atoms with van der Waals surface area (Å²) < 4.78 is 26.6. The van der Waals surface area contributed by atoms with Gasteiger partial charge in [0.2, 0.25) is 11.8 Å². The van der Waals surface area contributed by atoms with Crippen LogP contribution in [0.25, 0.3) is 11.1 Å². The van der Waals surface area contributed by atoms with Crippen molar-refractivity contribution in [3.05, 3.63) is 59.7 Å². The van der Waals surface area contributed by atoms with E-state index in [1.165, 1.54) is 0 Å². The third-order valence-electron chi connectivity index (χ3n) is 8.25. The number of ether oxygens (including phenoxy) is 5. The van der Waals surface area contributed by atoms with Crippen LogP contribution < -0.4 is 21.7 Å². The lowest BCUT2D eigenvalue weighted by molar-refractivity contribution is -0.141. The topological polar surface area (TPSA) is 197 Å². The molecule has 0 heterocycles. The Hall–Kier alpha value is -4.08. The molecule has 4 rings (SSSR count). The van der Waals surface area contributed by atoms with E-state index < -0.39 is 17.6 Å². The van der Waals surface area contributed by atoms with E-state index in [0.29, 0.717) is 58.7 Å². The molecule has 1 unspecified atom stereocenters. The zero-order chi connectivity index (χ0) is 34.2. The number of benzene rings is 2. The molecule has 2 aliphatic carbocycles. The first-order valence-corrected chi connectivity index (χ1v) is 16.3. The number of fused-ring (bicyclic) bond motifs is 3. The second-order valence-electron chi connectivity index (χ2n) is 11.6. The van der Waals surface area contributed by atoms with Crippen LogP contribution in [0.4, 0.5) is 4.79 Å². The lowest BCUT2D eigenvalue weighted by Crippen LogP contribution is -2.45. The van der Waals surface area contributed by atoms with E-state index in [2.05, 4.69) is 16.0 Å². The predicted octanol–water partition coefficient (Wildman–Crippen LogP) is 1.41. The molecule has 2 aromatic carbocycles. The number of amides is 3. The number of nitrogens with one attached hydrogen (secondary N) is 3. The van der Waals surface area contributed by atoms with Crippen LogP contribution in [0.3, 0.4) is 0 Å². The van der Waals surface area contributed by atoms with Crippen LogP contribution >= 0.6 is 0 Å². The highest BCUT2D eigenvalue weighted by atomic mass is 16.6. The predicted molar refractivity (Wildman–Crippen MR) is 174 cm³/mol. The van der Waals surface area contributed by atoms with E-state index in [-0.39, 0.29) is 63.3 Å². The minimum atomic E-state index is -1.37. The highest BCUT2D eigenvalue weighted by Gasteiger charge is 2.61. The van der Waals surface area contributed by atoms with Crippen molar-refractivity contribution in [3.63, 3.8) is 0 Å². The third kappa shape index (κ3) is 10.7. The summed E-state index contributed by atoms with van der Waals surface area (Å²) in [4.78, 5) is 48.6. The fraction of sp³-hybridized carbons (Fsp3) is 0.529. The van der Waals surface area contributed by atoms with Gasteiger partial charge in [0, 0.05) is 25.6 Å². The average Bonchev–Trinajstić information content (AvgIpc) is 3.69. The zero-order valence-electron chi connectivity index (χ0n) is 27.1. The molecule has 1 fully saturated rings. The highest BCUT2D eigenvalue weighted by molar-refractivity contribution is 5.88. The summed E-state index contributed by atoms with van der Waals surface area (Å²) in [5.74, 6) is -2.04. The van der Waals surface area contributed by atoms with Crippen LogP contribution in [0.15, 0.2) is 48.5 Å². The van der Waals surface area contributed by atoms with Gasteiger partial charge in [-0.3, -0.25) is 9.59 Å². The summed E-state index contributed by atoms with van der Waals surface area (Å²) in [6.07, 6.45) is 0.592. The van der Waals surface area contributed by atoms with Crippen LogP contribution in [0.5, 0.6) is 0 Å². The zero-order valence-corrected chi connectivity index (χ0v) is 27.1. The second-order valence-corrected chi connectivity index (χ2v) is 11.6. The molecule has 6 N–H and O–H groups in total. The van der Waals surface area contributed by atoms with Gasteiger partial charge in [-0.15, -0.1) is 0 Å². The van der Waals surface area contributed by atoms with Crippen LogP contribution in [0.1, 0.15) is 36.3 Å². The fourth-order valence-corrected chi connectivity index (χ4v) is 5.76. The summed E-state index contributed by atoms with van der Waals surface area (Å²) in [7, 11) is 0. The van der Waals surface area contributed by atoms with Gasteiger partial charge in [-0.1, -0.05) is 48.5 Å². The van der Waals surface area contributed by atoms with Gasteiger partial charge in [-0.05, 0) is 47.4 Å². The van der Waals surface area contributed by atoms with Gasteiger partial charge in [0.1, 0.15) is 25.4 Å². The fourth-order valence-electron chi connectivity index (χ4n) is 5.76. The molecule has 14 heteroatoms. The number of alkyl carbamates (subject to hydrolysis) is 1. The number of hydrogen-bond acceptors (Lipinski definition) is 10. The Morgan fingerprint density at radius 2 is 1.33 bits per heavy atom. The number of carboxylic acids is 1. The summed E-state index contributed by atoms with van der Waals surface area (Å²) in [5, 5.41) is 17.9. The standard InChI is InChI=1S/C34H46N4O10/c35-11-14-44-16-18-46-23-31(40)37-13-15-45-17-19-47-22-30(39)36-12-5-6-24-20-34(24,32(41)42)38-33(43)48-21-29-27-9-3-1-7-25(27)26-8-2-4-10-28(26)29/h1-4,7-10,24,29H,5-6,11-23,35H2,(H,36,39)(H,37,40)(H,38,43)(H,41,42)/t24-,34?/m1/s1. The summed E-state index contributed by atoms with van der Waals surface area (Å²) in [6.45, 7) is 2.89. The van der Waals surface area contributed by atoms with Crippen molar-refractivity contribution in [2.75, 3.05) is 79.1 Å². The molecule has 2 aliphatic rings. The number of hydrogen-bond donors (Lipinski definition) is 5. The first-order valence-electron chi connectivity index (χ1n) is 16.3. The molecule has 14 nitrogen and oxygen atoms in total. The van der Waals surface area contributed by atoms with Crippen LogP contribution in [-0.2, 0) is 38.1 Å². The average molecular weight is 671 g/mol. The molecule has 262 valence electrons. The first kappa shape index (κ1) is 36.8. The maximum Gasteiger partial charge on any atom is 0.408 e. The van der Waals surface area contributed by atoms with Crippen molar-refractivity contribution in [1.29, 1.82) is 0 Å². The van der Waals surface area contributed by atoms with Gasteiger partial charge < -0.3 is 50.5 Å². The molecule has 0 aliphatic heterocycles. The SMILES string of the molecule is NCCOCCOCC(=O)NCCOCCOCC(=O)NCCC[C@@H]1CC1(NC(=O)OCC1c2ccccc2-c2ccccc21)C(=O)O. The molecule has 2 aromatic rings. The quantitative estimate of drug-likeness (QED) is 0.107. The molecular weight excluding hydrogens is 624 g/mol. The van der Waals surface area contributed by atoms with Gasteiger partial charge >= 0.3 is 12.1 Å². The summed E-state index contributed by atoms with van der Waals surface area (Å²) >= 11 is 0. The minimum Gasteiger partial charge on any atom is -0.479 e. The Balaban J connectivity index is 1.02. The maximum atomic E-state index is 12.7. The molecule has 0 spiro atoms. The van der Waals surface area contributed by atoms with E-state index in [1.54, 1.807) is 0 Å². The van der Waals surface area contributed by atoms with Crippen molar-refractivity contribution in [2.24, 2.45) is 11.7 Å². The Morgan fingerprint density at radius 3 is 1.94 bits per heavy atom. The molecular formula is C34H46N4O10. The van der Waals surface area contributed by atoms with E-state index in [4.69, 9.17) is 29.4 Å². The normalized spacial score (nSPS) is 17.6. The van der Waals surface area contributed by atoms with Gasteiger partial charge in [0.05, 0.1) is 39.6 Å². The van der Waals surface area contributed by atoms with Crippen molar-refractivity contribution in [2.45, 2.75) is 30.7 Å². The number of carbonyl (C=O) groups is 4. The van der Waals surface area contributed by atoms with E-state index in [9.17, 15) is 24.3 Å². The molecule has 0 bridgehead atoms. The molecule has 0 saturated heterocycles. The Labute approximate surface area is 280 Å². The summed E-state index contributed by atoms with van der Waals surface area (Å²) in [5.41, 5.74) is 8.31. The van der Waals surface area contributed by atoms with E-state index >= 15 is 0 Å². The van der Waals surface area contributed by atoms with Gasteiger partial charge in [0.15, 0.2) is 0 Å². The Kier molecular flexibility index (Phi) is 14.6. The molecule has 3 amide bonds. The van der Waals surface area contributed by atoms with Gasteiger partial charge in [0.25, 0.3) is 0 Å². The lowest BCUT2D eigenvalue weighted by atomic mass is 9.98. The minimum absolute atomic E-state index is 0.0660. The van der Waals surface area contributed by atoms with Crippen molar-refractivity contribution in [1.82, 2.24) is 16.0 Å². The monoisotopic (exact) mass is 670 g/mol. The first-order chi connectivity index (χ1) is 23.4. The maximum absolute atomic E-state index is 12.7. The Bertz CT molecular complexity index is 1330.